The summed E-state index contributed by atoms with van der Waals surface area (Å²) in [5, 5.41) is 12.3. The van der Waals surface area contributed by atoms with Crippen molar-refractivity contribution in [2.75, 3.05) is 19.8 Å². The van der Waals surface area contributed by atoms with Crippen LogP contribution in [0.4, 0.5) is 0 Å². The normalized spacial score (nSPS) is 35.2. The second-order valence-corrected chi connectivity index (χ2v) is 3.46. The maximum absolute atomic E-state index is 9.05. The highest BCUT2D eigenvalue weighted by Gasteiger charge is 2.46. The number of aliphatic hydroxyl groups is 1. The van der Waals surface area contributed by atoms with Crippen molar-refractivity contribution >= 4 is 0 Å². The van der Waals surface area contributed by atoms with Crippen molar-refractivity contribution in [3.05, 3.63) is 0 Å². The van der Waals surface area contributed by atoms with E-state index in [1.807, 2.05) is 0 Å². The van der Waals surface area contributed by atoms with Crippen molar-refractivity contribution in [3.8, 4) is 0 Å². The number of hydrogen-bond acceptors (Lipinski definition) is 3. The van der Waals surface area contributed by atoms with E-state index in [1.165, 1.54) is 6.42 Å². The van der Waals surface area contributed by atoms with Crippen molar-refractivity contribution in [1.29, 1.82) is 0 Å². The van der Waals surface area contributed by atoms with Crippen molar-refractivity contribution in [3.63, 3.8) is 0 Å². The van der Waals surface area contributed by atoms with Crippen LogP contribution in [0, 0.1) is 0 Å². The first-order chi connectivity index (χ1) is 5.37. The molecule has 1 spiro atoms. The molecule has 1 aliphatic carbocycles. The summed E-state index contributed by atoms with van der Waals surface area (Å²) in [6, 6.07) is 0.185. The van der Waals surface area contributed by atoms with E-state index in [-0.39, 0.29) is 18.2 Å². The Labute approximate surface area is 66.7 Å². The van der Waals surface area contributed by atoms with Gasteiger partial charge in [-0.1, -0.05) is 0 Å². The molecule has 1 saturated carbocycles. The monoisotopic (exact) mass is 157 g/mol. The lowest BCUT2D eigenvalue weighted by Crippen LogP contribution is -2.62. The van der Waals surface area contributed by atoms with E-state index in [2.05, 4.69) is 5.32 Å². The van der Waals surface area contributed by atoms with Crippen LogP contribution in [0.25, 0.3) is 0 Å². The van der Waals surface area contributed by atoms with E-state index in [0.29, 0.717) is 0 Å². The van der Waals surface area contributed by atoms with E-state index in [4.69, 9.17) is 9.84 Å². The SMILES string of the molecule is OC[C@@H]1NCCOC12CCC2. The van der Waals surface area contributed by atoms with Gasteiger partial charge in [0.25, 0.3) is 0 Å². The smallest absolute Gasteiger partial charge is 0.0857 e. The Kier molecular flexibility index (Phi) is 1.87. The van der Waals surface area contributed by atoms with Gasteiger partial charge in [-0.3, -0.25) is 0 Å². The first kappa shape index (κ1) is 7.53. The average Bonchev–Trinajstić information content (AvgIpc) is 2.01. The van der Waals surface area contributed by atoms with Gasteiger partial charge in [-0.15, -0.1) is 0 Å². The first-order valence-corrected chi connectivity index (χ1v) is 4.36. The summed E-state index contributed by atoms with van der Waals surface area (Å²) in [4.78, 5) is 0. The summed E-state index contributed by atoms with van der Waals surface area (Å²) >= 11 is 0. The molecule has 0 unspecified atom stereocenters. The number of hydrogen-bond donors (Lipinski definition) is 2. The highest BCUT2D eigenvalue weighted by molar-refractivity contribution is 5.01. The molecule has 0 bridgehead atoms. The minimum Gasteiger partial charge on any atom is -0.395 e. The van der Waals surface area contributed by atoms with Crippen molar-refractivity contribution < 1.29 is 9.84 Å². The molecule has 1 aliphatic heterocycles. The quantitative estimate of drug-likeness (QED) is 0.558. The van der Waals surface area contributed by atoms with Gasteiger partial charge in [-0.05, 0) is 19.3 Å². The predicted octanol–water partition coefficient (Wildman–Crippen LogP) is -0.110. The Morgan fingerprint density at radius 2 is 2.36 bits per heavy atom. The highest BCUT2D eigenvalue weighted by Crippen LogP contribution is 2.39. The summed E-state index contributed by atoms with van der Waals surface area (Å²) < 4.78 is 5.68. The number of nitrogens with one attached hydrogen (secondary N) is 1. The molecule has 0 aromatic carbocycles. The standard InChI is InChI=1S/C8H15NO2/c10-6-7-8(2-1-3-8)11-5-4-9-7/h7,9-10H,1-6H2/t7-/m0/s1. The van der Waals surface area contributed by atoms with Crippen LogP contribution in [-0.4, -0.2) is 36.5 Å². The number of rotatable bonds is 1. The van der Waals surface area contributed by atoms with E-state index in [1.54, 1.807) is 0 Å². The molecule has 2 N–H and O–H groups in total. The van der Waals surface area contributed by atoms with Crippen molar-refractivity contribution in [2.45, 2.75) is 30.9 Å². The lowest BCUT2D eigenvalue weighted by Gasteiger charge is -2.49. The molecule has 2 aliphatic rings. The molecular formula is C8H15NO2. The summed E-state index contributed by atoms with van der Waals surface area (Å²) in [6.07, 6.45) is 3.48. The van der Waals surface area contributed by atoms with E-state index < -0.39 is 0 Å². The molecule has 3 nitrogen and oxygen atoms in total. The van der Waals surface area contributed by atoms with Gasteiger partial charge in [-0.25, -0.2) is 0 Å². The summed E-state index contributed by atoms with van der Waals surface area (Å²) in [6.45, 7) is 1.89. The lowest BCUT2D eigenvalue weighted by molar-refractivity contribution is -0.152. The molecule has 0 aromatic rings. The molecule has 1 atom stereocenters. The van der Waals surface area contributed by atoms with Crippen LogP contribution in [0.1, 0.15) is 19.3 Å². The van der Waals surface area contributed by atoms with Crippen LogP contribution in [0.5, 0.6) is 0 Å². The molecule has 0 amide bonds. The topological polar surface area (TPSA) is 41.5 Å². The maximum atomic E-state index is 9.05. The number of morpholine rings is 1. The Balaban J connectivity index is 2.02. The average molecular weight is 157 g/mol. The van der Waals surface area contributed by atoms with Crippen LogP contribution in [0.15, 0.2) is 0 Å². The Bertz CT molecular complexity index is 145. The fraction of sp³-hybridized carbons (Fsp3) is 1.00. The van der Waals surface area contributed by atoms with Crippen molar-refractivity contribution in [2.24, 2.45) is 0 Å². The fourth-order valence-corrected chi connectivity index (χ4v) is 2.02. The second kappa shape index (κ2) is 2.73. The molecule has 1 heterocycles. The molecule has 64 valence electrons. The first-order valence-electron chi connectivity index (χ1n) is 4.36. The van der Waals surface area contributed by atoms with E-state index in [0.717, 1.165) is 26.0 Å². The molecule has 2 fully saturated rings. The van der Waals surface area contributed by atoms with E-state index >= 15 is 0 Å². The van der Waals surface area contributed by atoms with Crippen LogP contribution < -0.4 is 5.32 Å². The third-order valence-corrected chi connectivity index (χ3v) is 2.90. The van der Waals surface area contributed by atoms with Gasteiger partial charge in [0.2, 0.25) is 0 Å². The van der Waals surface area contributed by atoms with Gasteiger partial charge in [0, 0.05) is 6.54 Å². The van der Waals surface area contributed by atoms with Crippen LogP contribution in [0.2, 0.25) is 0 Å². The Hall–Kier alpha value is -0.120. The predicted molar refractivity (Wildman–Crippen MR) is 41.4 cm³/mol. The fourth-order valence-electron chi connectivity index (χ4n) is 2.02. The minimum absolute atomic E-state index is 0.00694. The van der Waals surface area contributed by atoms with Gasteiger partial charge in [0.05, 0.1) is 24.9 Å². The molecule has 0 aromatic heterocycles. The van der Waals surface area contributed by atoms with Crippen LogP contribution >= 0.6 is 0 Å². The number of aliphatic hydroxyl groups excluding tert-OH is 1. The number of ether oxygens (including phenoxy) is 1. The summed E-state index contributed by atoms with van der Waals surface area (Å²) in [5.41, 5.74) is 0.00694. The van der Waals surface area contributed by atoms with Gasteiger partial charge in [-0.2, -0.15) is 0 Å². The second-order valence-electron chi connectivity index (χ2n) is 3.46. The molecular weight excluding hydrogens is 142 g/mol. The maximum Gasteiger partial charge on any atom is 0.0857 e. The van der Waals surface area contributed by atoms with Gasteiger partial charge >= 0.3 is 0 Å². The zero-order chi connectivity index (χ0) is 7.73. The highest BCUT2D eigenvalue weighted by atomic mass is 16.5. The molecule has 1 saturated heterocycles. The zero-order valence-corrected chi connectivity index (χ0v) is 6.68. The summed E-state index contributed by atoms with van der Waals surface area (Å²) in [5.74, 6) is 0. The molecule has 11 heavy (non-hydrogen) atoms. The van der Waals surface area contributed by atoms with Gasteiger partial charge in [0.15, 0.2) is 0 Å². The zero-order valence-electron chi connectivity index (χ0n) is 6.68. The third kappa shape index (κ3) is 1.08. The van der Waals surface area contributed by atoms with Crippen LogP contribution in [-0.2, 0) is 4.74 Å². The summed E-state index contributed by atoms with van der Waals surface area (Å²) in [7, 11) is 0. The largest absolute Gasteiger partial charge is 0.395 e. The van der Waals surface area contributed by atoms with Gasteiger partial charge < -0.3 is 15.2 Å². The molecule has 0 radical (unpaired) electrons. The minimum atomic E-state index is 0.00694. The van der Waals surface area contributed by atoms with Crippen LogP contribution in [0.3, 0.4) is 0 Å². The lowest BCUT2D eigenvalue weighted by atomic mass is 9.74. The molecule has 2 rings (SSSR count). The third-order valence-electron chi connectivity index (χ3n) is 2.90. The molecule has 3 heteroatoms. The van der Waals surface area contributed by atoms with E-state index in [9.17, 15) is 0 Å². The van der Waals surface area contributed by atoms with Crippen molar-refractivity contribution in [1.82, 2.24) is 5.32 Å². The Morgan fingerprint density at radius 1 is 1.55 bits per heavy atom. The Morgan fingerprint density at radius 3 is 2.82 bits per heavy atom. The van der Waals surface area contributed by atoms with Gasteiger partial charge in [0.1, 0.15) is 0 Å².